The van der Waals surface area contributed by atoms with Crippen molar-refractivity contribution >= 4 is 6.09 Å². The van der Waals surface area contributed by atoms with Crippen LogP contribution in [0.15, 0.2) is 18.7 Å². The van der Waals surface area contributed by atoms with Crippen molar-refractivity contribution in [2.24, 2.45) is 0 Å². The highest BCUT2D eigenvalue weighted by Crippen LogP contribution is 2.45. The van der Waals surface area contributed by atoms with Gasteiger partial charge in [0.25, 0.3) is 0 Å². The molecule has 0 N–H and O–H groups in total. The largest absolute Gasteiger partial charge is 0.433 e. The Labute approximate surface area is 95.4 Å². The molecule has 0 aliphatic heterocycles. The number of ether oxygens (including phenoxy) is 1. The van der Waals surface area contributed by atoms with Crippen LogP contribution in [0.1, 0.15) is 25.7 Å². The first-order valence-corrected chi connectivity index (χ1v) is 5.23. The Balaban J connectivity index is 2.17. The lowest BCUT2D eigenvalue weighted by Gasteiger charge is -2.30. The lowest BCUT2D eigenvalue weighted by molar-refractivity contribution is -0.255. The number of rotatable bonds is 1. The Morgan fingerprint density at radius 3 is 2.47 bits per heavy atom. The average molecular weight is 248 g/mol. The maximum absolute atomic E-state index is 12.9. The summed E-state index contributed by atoms with van der Waals surface area (Å²) in [6.45, 7) is 0. The summed E-state index contributed by atoms with van der Waals surface area (Å²) in [5.41, 5.74) is -2.33. The quantitative estimate of drug-likeness (QED) is 0.767. The molecule has 1 aromatic rings. The highest BCUT2D eigenvalue weighted by atomic mass is 19.4. The van der Waals surface area contributed by atoms with Gasteiger partial charge in [-0.1, -0.05) is 0 Å². The van der Waals surface area contributed by atoms with E-state index < -0.39 is 17.9 Å². The van der Waals surface area contributed by atoms with E-state index in [2.05, 4.69) is 9.72 Å². The van der Waals surface area contributed by atoms with Gasteiger partial charge in [0.05, 0.1) is 0 Å². The van der Waals surface area contributed by atoms with Crippen LogP contribution in [0.3, 0.4) is 0 Å². The fraction of sp³-hybridized carbons (Fsp3) is 0.600. The van der Waals surface area contributed by atoms with Gasteiger partial charge in [0, 0.05) is 12.4 Å². The minimum atomic E-state index is -4.53. The minimum absolute atomic E-state index is 0.170. The number of imidazole rings is 1. The van der Waals surface area contributed by atoms with Gasteiger partial charge in [-0.3, -0.25) is 0 Å². The summed E-state index contributed by atoms with van der Waals surface area (Å²) in [6, 6.07) is 0. The van der Waals surface area contributed by atoms with Crippen LogP contribution in [-0.2, 0) is 4.74 Å². The Morgan fingerprint density at radius 1 is 1.35 bits per heavy atom. The van der Waals surface area contributed by atoms with E-state index in [0.717, 1.165) is 10.9 Å². The number of nitrogens with zero attached hydrogens (tertiary/aromatic N) is 2. The molecule has 0 radical (unpaired) electrons. The average Bonchev–Trinajstić information content (AvgIpc) is 2.86. The predicted octanol–water partition coefficient (Wildman–Crippen LogP) is 2.74. The molecule has 0 amide bonds. The zero-order chi connectivity index (χ0) is 12.5. The second-order valence-corrected chi connectivity index (χ2v) is 4.04. The van der Waals surface area contributed by atoms with Crippen LogP contribution in [0.5, 0.6) is 0 Å². The molecule has 1 aliphatic carbocycles. The number of alkyl halides is 3. The molecular weight excluding hydrogens is 237 g/mol. The molecule has 0 unspecified atom stereocenters. The Kier molecular flexibility index (Phi) is 2.84. The molecule has 0 aromatic carbocycles. The highest BCUT2D eigenvalue weighted by molar-refractivity contribution is 5.70. The van der Waals surface area contributed by atoms with Gasteiger partial charge >= 0.3 is 12.3 Å². The van der Waals surface area contributed by atoms with Gasteiger partial charge in [-0.2, -0.15) is 13.2 Å². The van der Waals surface area contributed by atoms with E-state index in [1.54, 1.807) is 0 Å². The summed E-state index contributed by atoms with van der Waals surface area (Å²) < 4.78 is 44.3. The lowest BCUT2D eigenvalue weighted by atomic mass is 10.0. The first-order valence-electron chi connectivity index (χ1n) is 5.23. The Morgan fingerprint density at radius 2 is 2.00 bits per heavy atom. The van der Waals surface area contributed by atoms with E-state index in [9.17, 15) is 18.0 Å². The van der Waals surface area contributed by atoms with Crippen molar-refractivity contribution in [2.75, 3.05) is 0 Å². The Bertz CT molecular complexity index is 394. The number of hydrogen-bond acceptors (Lipinski definition) is 3. The number of aromatic nitrogens is 2. The molecule has 4 nitrogen and oxygen atoms in total. The van der Waals surface area contributed by atoms with Crippen LogP contribution in [-0.4, -0.2) is 27.4 Å². The highest BCUT2D eigenvalue weighted by Gasteiger charge is 2.59. The summed E-state index contributed by atoms with van der Waals surface area (Å²) >= 11 is 0. The molecule has 0 saturated heterocycles. The molecule has 7 heteroatoms. The number of carbonyl (C=O) groups excluding carboxylic acids is 1. The van der Waals surface area contributed by atoms with Gasteiger partial charge in [-0.05, 0) is 25.7 Å². The molecule has 1 aliphatic rings. The maximum atomic E-state index is 12.9. The molecular formula is C10H11F3N2O2. The van der Waals surface area contributed by atoms with Crippen LogP contribution in [0.2, 0.25) is 0 Å². The van der Waals surface area contributed by atoms with E-state index in [1.165, 1.54) is 12.4 Å². The molecule has 17 heavy (non-hydrogen) atoms. The first-order chi connectivity index (χ1) is 7.95. The van der Waals surface area contributed by atoms with Crippen molar-refractivity contribution in [3.63, 3.8) is 0 Å². The minimum Gasteiger partial charge on any atom is -0.433 e. The topological polar surface area (TPSA) is 44.1 Å². The molecule has 1 aromatic heterocycles. The molecule has 0 spiro atoms. The normalized spacial score (nSPS) is 19.2. The predicted molar refractivity (Wildman–Crippen MR) is 51.4 cm³/mol. The summed E-state index contributed by atoms with van der Waals surface area (Å²) in [7, 11) is 0. The maximum Gasteiger partial charge on any atom is 0.428 e. The molecule has 0 bridgehead atoms. The Hall–Kier alpha value is -1.53. The lowest BCUT2D eigenvalue weighted by Crippen LogP contribution is -2.47. The van der Waals surface area contributed by atoms with E-state index in [-0.39, 0.29) is 12.8 Å². The van der Waals surface area contributed by atoms with Crippen molar-refractivity contribution < 1.29 is 22.7 Å². The monoisotopic (exact) mass is 248 g/mol. The fourth-order valence-corrected chi connectivity index (χ4v) is 1.98. The molecule has 1 heterocycles. The second kappa shape index (κ2) is 4.05. The van der Waals surface area contributed by atoms with Crippen LogP contribution < -0.4 is 0 Å². The molecule has 0 atom stereocenters. The van der Waals surface area contributed by atoms with Gasteiger partial charge in [0.1, 0.15) is 6.33 Å². The van der Waals surface area contributed by atoms with Crippen LogP contribution in [0.25, 0.3) is 0 Å². The van der Waals surface area contributed by atoms with Crippen molar-refractivity contribution in [1.29, 1.82) is 0 Å². The summed E-state index contributed by atoms with van der Waals surface area (Å²) in [4.78, 5) is 15.1. The number of hydrogen-bond donors (Lipinski definition) is 0. The zero-order valence-corrected chi connectivity index (χ0v) is 8.91. The fourth-order valence-electron chi connectivity index (χ4n) is 1.98. The van der Waals surface area contributed by atoms with Crippen molar-refractivity contribution in [3.8, 4) is 0 Å². The summed E-state index contributed by atoms with van der Waals surface area (Å²) in [5.74, 6) is 0. The SMILES string of the molecule is O=C(OC1(C(F)(F)F)CCCC1)n1ccnc1. The van der Waals surface area contributed by atoms with Crippen molar-refractivity contribution in [1.82, 2.24) is 9.55 Å². The van der Waals surface area contributed by atoms with Gasteiger partial charge in [0.2, 0.25) is 5.60 Å². The van der Waals surface area contributed by atoms with Gasteiger partial charge < -0.3 is 4.74 Å². The molecule has 1 saturated carbocycles. The standard InChI is InChI=1S/C10H11F3N2O2/c11-10(12,13)9(3-1-2-4-9)17-8(16)15-6-5-14-7-15/h5-7H,1-4H2. The van der Waals surface area contributed by atoms with Gasteiger partial charge in [0.15, 0.2) is 0 Å². The summed E-state index contributed by atoms with van der Waals surface area (Å²) in [6.07, 6.45) is -1.42. The van der Waals surface area contributed by atoms with E-state index in [1.807, 2.05) is 0 Å². The zero-order valence-electron chi connectivity index (χ0n) is 8.91. The van der Waals surface area contributed by atoms with Crippen molar-refractivity contribution in [2.45, 2.75) is 37.5 Å². The van der Waals surface area contributed by atoms with Crippen LogP contribution in [0.4, 0.5) is 18.0 Å². The van der Waals surface area contributed by atoms with E-state index in [4.69, 9.17) is 0 Å². The van der Waals surface area contributed by atoms with Crippen LogP contribution >= 0.6 is 0 Å². The third-order valence-corrected chi connectivity index (χ3v) is 2.93. The third kappa shape index (κ3) is 2.13. The van der Waals surface area contributed by atoms with E-state index >= 15 is 0 Å². The first kappa shape index (κ1) is 11.9. The van der Waals surface area contributed by atoms with Gasteiger partial charge in [-0.15, -0.1) is 0 Å². The molecule has 94 valence electrons. The van der Waals surface area contributed by atoms with Crippen LogP contribution in [0, 0.1) is 0 Å². The molecule has 2 rings (SSSR count). The second-order valence-electron chi connectivity index (χ2n) is 4.04. The van der Waals surface area contributed by atoms with Crippen molar-refractivity contribution in [3.05, 3.63) is 18.7 Å². The summed E-state index contributed by atoms with van der Waals surface area (Å²) in [5, 5.41) is 0. The van der Waals surface area contributed by atoms with E-state index in [0.29, 0.717) is 12.8 Å². The number of carbonyl (C=O) groups is 1. The number of halogens is 3. The molecule has 1 fully saturated rings. The smallest absolute Gasteiger partial charge is 0.428 e. The van der Waals surface area contributed by atoms with Gasteiger partial charge in [-0.25, -0.2) is 14.3 Å². The third-order valence-electron chi connectivity index (χ3n) is 2.93.